The van der Waals surface area contributed by atoms with Crippen molar-refractivity contribution >= 4 is 5.97 Å². The Bertz CT molecular complexity index is 317. The van der Waals surface area contributed by atoms with Crippen molar-refractivity contribution in [3.8, 4) is 0 Å². The Labute approximate surface area is 89.9 Å². The Morgan fingerprint density at radius 2 is 1.87 bits per heavy atom. The van der Waals surface area contributed by atoms with Gasteiger partial charge in [-0.2, -0.15) is 4.89 Å². The fourth-order valence-corrected chi connectivity index (χ4v) is 1.10. The maximum absolute atomic E-state index is 10.9. The molecule has 0 aromatic heterocycles. The van der Waals surface area contributed by atoms with E-state index in [4.69, 9.17) is 4.89 Å². The van der Waals surface area contributed by atoms with E-state index in [-0.39, 0.29) is 5.97 Å². The van der Waals surface area contributed by atoms with Crippen LogP contribution in [0.1, 0.15) is 32.8 Å². The summed E-state index contributed by atoms with van der Waals surface area (Å²) in [5.74, 6) is -0.362. The summed E-state index contributed by atoms with van der Waals surface area (Å²) in [6.07, 6.45) is 0.310. The highest BCUT2D eigenvalue weighted by Crippen LogP contribution is 2.24. The van der Waals surface area contributed by atoms with E-state index in [0.717, 1.165) is 5.56 Å². The van der Waals surface area contributed by atoms with Crippen LogP contribution in [0.25, 0.3) is 0 Å². The topological polar surface area (TPSA) is 35.5 Å². The summed E-state index contributed by atoms with van der Waals surface area (Å²) < 4.78 is 0. The molecule has 1 rings (SSSR count). The van der Waals surface area contributed by atoms with E-state index in [9.17, 15) is 4.79 Å². The first-order valence-electron chi connectivity index (χ1n) is 5.00. The molecule has 0 heterocycles. The Kier molecular flexibility index (Phi) is 3.86. The second-order valence-electron chi connectivity index (χ2n) is 3.77. The van der Waals surface area contributed by atoms with Gasteiger partial charge in [-0.25, -0.2) is 4.79 Å². The minimum Gasteiger partial charge on any atom is -0.297 e. The largest absolute Gasteiger partial charge is 0.342 e. The molecular formula is C12H16O3. The molecule has 15 heavy (non-hydrogen) atoms. The van der Waals surface area contributed by atoms with Gasteiger partial charge in [0.15, 0.2) is 0 Å². The first-order valence-corrected chi connectivity index (χ1v) is 5.00. The second-order valence-corrected chi connectivity index (χ2v) is 3.77. The van der Waals surface area contributed by atoms with Crippen molar-refractivity contribution in [2.45, 2.75) is 32.8 Å². The normalized spacial score (nSPS) is 11.1. The van der Waals surface area contributed by atoms with Crippen LogP contribution >= 0.6 is 0 Å². The molecule has 0 aliphatic rings. The molecule has 0 aliphatic carbocycles. The van der Waals surface area contributed by atoms with Gasteiger partial charge in [0.1, 0.15) is 5.60 Å². The summed E-state index contributed by atoms with van der Waals surface area (Å²) >= 11 is 0. The monoisotopic (exact) mass is 208 g/mol. The van der Waals surface area contributed by atoms with Crippen molar-refractivity contribution in [2.24, 2.45) is 0 Å². The molecule has 0 spiro atoms. The first kappa shape index (κ1) is 11.7. The smallest absolute Gasteiger partial charge is 0.297 e. The molecule has 1 aromatic carbocycles. The third-order valence-corrected chi connectivity index (χ3v) is 2.10. The summed E-state index contributed by atoms with van der Waals surface area (Å²) in [6.45, 7) is 5.43. The van der Waals surface area contributed by atoms with Crippen molar-refractivity contribution in [3.05, 3.63) is 35.9 Å². The Morgan fingerprint density at radius 1 is 1.27 bits per heavy atom. The Balaban J connectivity index is 2.63. The predicted molar refractivity (Wildman–Crippen MR) is 56.9 cm³/mol. The van der Waals surface area contributed by atoms with Crippen LogP contribution in [-0.4, -0.2) is 5.97 Å². The van der Waals surface area contributed by atoms with E-state index in [2.05, 4.69) is 4.89 Å². The zero-order valence-corrected chi connectivity index (χ0v) is 9.32. The average molecular weight is 208 g/mol. The van der Waals surface area contributed by atoms with Gasteiger partial charge in [0, 0.05) is 6.42 Å². The summed E-state index contributed by atoms with van der Waals surface area (Å²) in [5, 5.41) is 0. The van der Waals surface area contributed by atoms with Gasteiger partial charge in [0.05, 0.1) is 0 Å². The minimum atomic E-state index is -0.619. The molecule has 0 bridgehead atoms. The van der Waals surface area contributed by atoms with Crippen LogP contribution in [0.3, 0.4) is 0 Å². The number of benzene rings is 1. The fraction of sp³-hybridized carbons (Fsp3) is 0.417. The zero-order chi connectivity index (χ0) is 11.3. The molecule has 0 saturated heterocycles. The van der Waals surface area contributed by atoms with E-state index in [1.54, 1.807) is 6.92 Å². The summed E-state index contributed by atoms with van der Waals surface area (Å²) in [7, 11) is 0. The highest BCUT2D eigenvalue weighted by Gasteiger charge is 2.24. The summed E-state index contributed by atoms with van der Waals surface area (Å²) in [5.41, 5.74) is 0.348. The van der Waals surface area contributed by atoms with Gasteiger partial charge >= 0.3 is 5.97 Å². The first-order chi connectivity index (χ1) is 7.06. The highest BCUT2D eigenvalue weighted by molar-refractivity contribution is 5.68. The van der Waals surface area contributed by atoms with Crippen LogP contribution in [-0.2, 0) is 20.2 Å². The summed E-state index contributed by atoms with van der Waals surface area (Å²) in [4.78, 5) is 20.7. The predicted octanol–water partition coefficient (Wildman–Crippen LogP) is 2.81. The van der Waals surface area contributed by atoms with Gasteiger partial charge in [-0.15, -0.1) is 0 Å². The highest BCUT2D eigenvalue weighted by atomic mass is 17.2. The quantitative estimate of drug-likeness (QED) is 0.563. The van der Waals surface area contributed by atoms with Crippen LogP contribution < -0.4 is 0 Å². The third kappa shape index (κ3) is 3.36. The van der Waals surface area contributed by atoms with Crippen LogP contribution in [0.4, 0.5) is 0 Å². The number of carbonyl (C=O) groups is 1. The molecule has 0 N–H and O–H groups in total. The van der Waals surface area contributed by atoms with Crippen LogP contribution in [0, 0.1) is 0 Å². The van der Waals surface area contributed by atoms with Crippen LogP contribution in [0.2, 0.25) is 0 Å². The van der Waals surface area contributed by atoms with Crippen molar-refractivity contribution in [1.82, 2.24) is 0 Å². The van der Waals surface area contributed by atoms with Crippen molar-refractivity contribution < 1.29 is 14.6 Å². The molecule has 0 unspecified atom stereocenters. The molecule has 3 nitrogen and oxygen atoms in total. The zero-order valence-electron chi connectivity index (χ0n) is 9.32. The Hall–Kier alpha value is -1.35. The SMILES string of the molecule is CCC(=O)OOC(C)(C)c1ccccc1. The lowest BCUT2D eigenvalue weighted by Gasteiger charge is -2.22. The van der Waals surface area contributed by atoms with E-state index in [1.807, 2.05) is 44.2 Å². The molecule has 0 fully saturated rings. The number of carbonyl (C=O) groups excluding carboxylic acids is 1. The van der Waals surface area contributed by atoms with Crippen LogP contribution in [0.5, 0.6) is 0 Å². The van der Waals surface area contributed by atoms with E-state index in [0.29, 0.717) is 6.42 Å². The van der Waals surface area contributed by atoms with E-state index >= 15 is 0 Å². The third-order valence-electron chi connectivity index (χ3n) is 2.10. The number of hydrogen-bond donors (Lipinski definition) is 0. The minimum absolute atomic E-state index is 0.310. The molecule has 0 radical (unpaired) electrons. The maximum Gasteiger partial charge on any atom is 0.342 e. The van der Waals surface area contributed by atoms with Gasteiger partial charge in [-0.1, -0.05) is 37.3 Å². The van der Waals surface area contributed by atoms with E-state index in [1.165, 1.54) is 0 Å². The van der Waals surface area contributed by atoms with Crippen LogP contribution in [0.15, 0.2) is 30.3 Å². The molecule has 3 heteroatoms. The number of hydrogen-bond acceptors (Lipinski definition) is 3. The lowest BCUT2D eigenvalue weighted by Crippen LogP contribution is -2.23. The number of rotatable bonds is 4. The average Bonchev–Trinajstić information content (AvgIpc) is 2.27. The molecular weight excluding hydrogens is 192 g/mol. The molecule has 1 aromatic rings. The Morgan fingerprint density at radius 3 is 2.40 bits per heavy atom. The molecule has 0 amide bonds. The van der Waals surface area contributed by atoms with E-state index < -0.39 is 5.60 Å². The standard InChI is InChI=1S/C12H16O3/c1-4-11(13)14-15-12(2,3)10-8-6-5-7-9-10/h5-9H,4H2,1-3H3. The van der Waals surface area contributed by atoms with Crippen molar-refractivity contribution in [2.75, 3.05) is 0 Å². The lowest BCUT2D eigenvalue weighted by atomic mass is 9.99. The molecule has 0 aliphatic heterocycles. The van der Waals surface area contributed by atoms with Gasteiger partial charge in [0.2, 0.25) is 0 Å². The van der Waals surface area contributed by atoms with Crippen molar-refractivity contribution in [1.29, 1.82) is 0 Å². The molecule has 0 atom stereocenters. The fourth-order valence-electron chi connectivity index (χ4n) is 1.10. The molecule has 82 valence electrons. The lowest BCUT2D eigenvalue weighted by molar-refractivity contribution is -0.329. The van der Waals surface area contributed by atoms with Crippen molar-refractivity contribution in [3.63, 3.8) is 0 Å². The molecule has 0 saturated carbocycles. The second kappa shape index (κ2) is 4.94. The van der Waals surface area contributed by atoms with Gasteiger partial charge in [-0.05, 0) is 19.4 Å². The maximum atomic E-state index is 10.9. The van der Waals surface area contributed by atoms with Gasteiger partial charge < -0.3 is 0 Å². The van der Waals surface area contributed by atoms with Gasteiger partial charge in [-0.3, -0.25) is 4.89 Å². The van der Waals surface area contributed by atoms with Gasteiger partial charge in [0.25, 0.3) is 0 Å². The summed E-state index contributed by atoms with van der Waals surface area (Å²) in [6, 6.07) is 9.63.